The van der Waals surface area contributed by atoms with Gasteiger partial charge in [0, 0.05) is 25.7 Å². The van der Waals surface area contributed by atoms with Crippen LogP contribution >= 0.6 is 11.6 Å². The van der Waals surface area contributed by atoms with E-state index in [0.717, 1.165) is 25.7 Å². The van der Waals surface area contributed by atoms with E-state index in [0.29, 0.717) is 46.2 Å². The van der Waals surface area contributed by atoms with Crippen LogP contribution in [-0.2, 0) is 0 Å². The lowest BCUT2D eigenvalue weighted by atomic mass is 10.2. The Morgan fingerprint density at radius 1 is 1.19 bits per heavy atom. The number of hydrogen-bond acceptors (Lipinski definition) is 7. The van der Waals surface area contributed by atoms with Crippen LogP contribution in [0.4, 0.5) is 27.9 Å². The van der Waals surface area contributed by atoms with Gasteiger partial charge in [-0.15, -0.1) is 0 Å². The average Bonchev–Trinajstić information content (AvgIpc) is 3.31. The Hall–Kier alpha value is -2.94. The third-order valence-corrected chi connectivity index (χ3v) is 6.08. The van der Waals surface area contributed by atoms with Gasteiger partial charge in [-0.25, -0.2) is 14.8 Å². The maximum absolute atomic E-state index is 12.9. The average molecular weight is 447 g/mol. The van der Waals surface area contributed by atoms with E-state index < -0.39 is 0 Å². The number of aromatic nitrogens is 2. The lowest BCUT2D eigenvalue weighted by Gasteiger charge is -2.45. The number of methoxy groups -OCH3 is 2. The molecule has 2 aromatic rings. The minimum atomic E-state index is -0.0738. The second kappa shape index (κ2) is 8.66. The first kappa shape index (κ1) is 21.3. The predicted octanol–water partition coefficient (Wildman–Crippen LogP) is 4.45. The van der Waals surface area contributed by atoms with Crippen molar-refractivity contribution in [2.45, 2.75) is 38.6 Å². The molecule has 1 fully saturated rings. The summed E-state index contributed by atoms with van der Waals surface area (Å²) in [5.41, 5.74) is 1.32. The van der Waals surface area contributed by atoms with Crippen LogP contribution in [0.5, 0.6) is 11.5 Å². The number of fused-ring (bicyclic) bond motifs is 1. The first-order chi connectivity index (χ1) is 15.0. The number of nitrogens with one attached hydrogen (secondary N) is 1. The van der Waals surface area contributed by atoms with Crippen LogP contribution in [0.3, 0.4) is 0 Å². The summed E-state index contributed by atoms with van der Waals surface area (Å²) in [6.07, 6.45) is 6.03. The molecule has 10 heteroatoms. The van der Waals surface area contributed by atoms with Crippen LogP contribution in [0.1, 0.15) is 32.6 Å². The minimum absolute atomic E-state index is 0.0738. The number of amides is 2. The van der Waals surface area contributed by atoms with Gasteiger partial charge in [-0.3, -0.25) is 9.91 Å². The molecule has 31 heavy (non-hydrogen) atoms. The number of anilines is 4. The fraction of sp³-hybridized carbons (Fsp3) is 0.476. The smallest absolute Gasteiger partial charge is 0.343 e. The first-order valence-electron chi connectivity index (χ1n) is 10.4. The van der Waals surface area contributed by atoms with Gasteiger partial charge in [-0.2, -0.15) is 4.98 Å². The van der Waals surface area contributed by atoms with Crippen molar-refractivity contribution in [1.29, 1.82) is 0 Å². The van der Waals surface area contributed by atoms with Gasteiger partial charge in [-0.05, 0) is 19.8 Å². The zero-order valence-electron chi connectivity index (χ0n) is 18.2. The lowest BCUT2D eigenvalue weighted by molar-refractivity contribution is 0.191. The van der Waals surface area contributed by atoms with E-state index in [1.54, 1.807) is 49.5 Å². The number of ether oxygens (including phenoxy) is 2. The molecule has 0 spiro atoms. The Kier molecular flexibility index (Phi) is 5.95. The number of rotatable bonds is 6. The second-order valence-corrected chi connectivity index (χ2v) is 7.96. The summed E-state index contributed by atoms with van der Waals surface area (Å²) < 4.78 is 10.8. The van der Waals surface area contributed by atoms with Gasteiger partial charge in [0.05, 0.1) is 37.2 Å². The van der Waals surface area contributed by atoms with Gasteiger partial charge in [0.15, 0.2) is 5.82 Å². The van der Waals surface area contributed by atoms with E-state index in [4.69, 9.17) is 26.1 Å². The van der Waals surface area contributed by atoms with Crippen LogP contribution in [0.2, 0.25) is 5.02 Å². The van der Waals surface area contributed by atoms with Gasteiger partial charge in [0.1, 0.15) is 17.2 Å². The molecule has 0 saturated heterocycles. The molecule has 2 aliphatic rings. The quantitative estimate of drug-likeness (QED) is 0.701. The van der Waals surface area contributed by atoms with E-state index in [-0.39, 0.29) is 12.1 Å². The molecule has 1 saturated carbocycles. The number of benzene rings is 1. The molecule has 0 unspecified atom stereocenters. The number of carbonyl (C=O) groups excluding carboxylic acids is 1. The SMILES string of the molecule is CCN1C(=O)N(C)c2cnc(Nc3cc(OC)c(Cl)cc3OC)nc2N1C1CCCC1. The molecule has 166 valence electrons. The van der Waals surface area contributed by atoms with E-state index in [2.05, 4.69) is 15.3 Å². The molecule has 1 N–H and O–H groups in total. The first-order valence-corrected chi connectivity index (χ1v) is 10.8. The fourth-order valence-electron chi connectivity index (χ4n) is 4.20. The highest BCUT2D eigenvalue weighted by Gasteiger charge is 2.39. The molecule has 0 atom stereocenters. The number of hydrazine groups is 1. The third kappa shape index (κ3) is 3.78. The Balaban J connectivity index is 1.75. The van der Waals surface area contributed by atoms with Crippen molar-refractivity contribution in [2.75, 3.05) is 43.0 Å². The van der Waals surface area contributed by atoms with Crippen molar-refractivity contribution in [3.05, 3.63) is 23.4 Å². The largest absolute Gasteiger partial charge is 0.495 e. The number of carbonyl (C=O) groups is 1. The van der Waals surface area contributed by atoms with Gasteiger partial charge in [-0.1, -0.05) is 24.4 Å². The fourth-order valence-corrected chi connectivity index (χ4v) is 4.43. The molecule has 0 bridgehead atoms. The van der Waals surface area contributed by atoms with Crippen molar-refractivity contribution in [3.8, 4) is 11.5 Å². The topological polar surface area (TPSA) is 83.1 Å². The molecule has 1 aromatic heterocycles. The monoisotopic (exact) mass is 446 g/mol. The van der Waals surface area contributed by atoms with Crippen molar-refractivity contribution in [2.24, 2.45) is 0 Å². The highest BCUT2D eigenvalue weighted by molar-refractivity contribution is 6.32. The van der Waals surface area contributed by atoms with E-state index in [9.17, 15) is 4.79 Å². The zero-order chi connectivity index (χ0) is 22.1. The van der Waals surface area contributed by atoms with Crippen LogP contribution in [-0.4, -0.2) is 54.9 Å². The number of nitrogens with zero attached hydrogens (tertiary/aromatic N) is 5. The number of hydrogen-bond donors (Lipinski definition) is 1. The molecule has 4 rings (SSSR count). The van der Waals surface area contributed by atoms with Crippen LogP contribution < -0.4 is 24.7 Å². The molecule has 1 aliphatic carbocycles. The number of halogens is 1. The van der Waals surface area contributed by atoms with E-state index in [1.807, 2.05) is 6.92 Å². The lowest BCUT2D eigenvalue weighted by Crippen LogP contribution is -2.59. The highest BCUT2D eigenvalue weighted by Crippen LogP contribution is 2.40. The molecule has 1 aromatic carbocycles. The number of urea groups is 1. The molecule has 2 amide bonds. The van der Waals surface area contributed by atoms with Crippen LogP contribution in [0.15, 0.2) is 18.3 Å². The Morgan fingerprint density at radius 3 is 2.55 bits per heavy atom. The summed E-state index contributed by atoms with van der Waals surface area (Å²) >= 11 is 6.22. The molecule has 9 nitrogen and oxygen atoms in total. The normalized spacial score (nSPS) is 16.5. The summed E-state index contributed by atoms with van der Waals surface area (Å²) in [5.74, 6) is 2.16. The summed E-state index contributed by atoms with van der Waals surface area (Å²) in [5, 5.41) is 7.48. The van der Waals surface area contributed by atoms with Gasteiger partial charge in [0.2, 0.25) is 5.95 Å². The minimum Gasteiger partial charge on any atom is -0.495 e. The summed E-state index contributed by atoms with van der Waals surface area (Å²) in [7, 11) is 4.87. The van der Waals surface area contributed by atoms with Crippen molar-refractivity contribution < 1.29 is 14.3 Å². The zero-order valence-corrected chi connectivity index (χ0v) is 18.9. The van der Waals surface area contributed by atoms with Crippen molar-refractivity contribution >= 4 is 40.8 Å². The highest BCUT2D eigenvalue weighted by atomic mass is 35.5. The molecular weight excluding hydrogens is 420 g/mol. The molecule has 1 aliphatic heterocycles. The Morgan fingerprint density at radius 2 is 1.90 bits per heavy atom. The maximum Gasteiger partial charge on any atom is 0.343 e. The standard InChI is InChI=1S/C21H27ClN6O3/c1-5-27-21(29)26(2)16-12-23-20(25-19(16)28(27)13-8-6-7-9-13)24-15-11-17(30-3)14(22)10-18(15)31-4/h10-13H,5-9H2,1-4H3,(H,23,24,25). The van der Waals surface area contributed by atoms with Gasteiger partial charge < -0.3 is 14.8 Å². The summed E-state index contributed by atoms with van der Waals surface area (Å²) in [6, 6.07) is 3.59. The predicted molar refractivity (Wildman–Crippen MR) is 121 cm³/mol. The van der Waals surface area contributed by atoms with Crippen molar-refractivity contribution in [1.82, 2.24) is 15.0 Å². The third-order valence-electron chi connectivity index (χ3n) is 5.79. The molecular formula is C21H27ClN6O3. The summed E-state index contributed by atoms with van der Waals surface area (Å²) in [4.78, 5) is 23.8. The van der Waals surface area contributed by atoms with Crippen LogP contribution in [0.25, 0.3) is 0 Å². The van der Waals surface area contributed by atoms with Crippen molar-refractivity contribution in [3.63, 3.8) is 0 Å². The second-order valence-electron chi connectivity index (χ2n) is 7.55. The molecule has 2 heterocycles. The van der Waals surface area contributed by atoms with Crippen LogP contribution in [0, 0.1) is 0 Å². The Bertz CT molecular complexity index is 982. The van der Waals surface area contributed by atoms with E-state index in [1.165, 1.54) is 0 Å². The Labute approximate surface area is 186 Å². The van der Waals surface area contributed by atoms with Gasteiger partial charge >= 0.3 is 6.03 Å². The summed E-state index contributed by atoms with van der Waals surface area (Å²) in [6.45, 7) is 2.54. The molecule has 0 radical (unpaired) electrons. The van der Waals surface area contributed by atoms with E-state index >= 15 is 0 Å². The van der Waals surface area contributed by atoms with Gasteiger partial charge in [0.25, 0.3) is 0 Å². The maximum atomic E-state index is 12.9.